The SMILES string of the molecule is CCn1c2ccccc2c2cc(CNCCCNC(=O)c3nc4ccccc4[nH]3)ccc21. The number of carbonyl (C=O) groups is 1. The number of benzene rings is 3. The molecule has 0 unspecified atom stereocenters. The highest BCUT2D eigenvalue weighted by atomic mass is 16.2. The summed E-state index contributed by atoms with van der Waals surface area (Å²) in [5.74, 6) is 0.192. The quantitative estimate of drug-likeness (QED) is 0.318. The molecule has 0 atom stereocenters. The fraction of sp³-hybridized carbons (Fsp3) is 0.231. The van der Waals surface area contributed by atoms with E-state index < -0.39 is 0 Å². The molecule has 2 heterocycles. The number of hydrogen-bond donors (Lipinski definition) is 3. The number of aromatic amines is 1. The van der Waals surface area contributed by atoms with E-state index in [0.29, 0.717) is 12.4 Å². The molecule has 6 nitrogen and oxygen atoms in total. The number of aromatic nitrogens is 3. The summed E-state index contributed by atoms with van der Waals surface area (Å²) in [5, 5.41) is 9.04. The standard InChI is InChI=1S/C26H27N5O/c1-2-31-23-11-6-3-8-19(23)20-16-18(12-13-24(20)31)17-27-14-7-15-28-26(32)25-29-21-9-4-5-10-22(21)30-25/h3-6,8-13,16,27H,2,7,14-15,17H2,1H3,(H,28,32)(H,29,30). The van der Waals surface area contributed by atoms with Gasteiger partial charge in [-0.3, -0.25) is 4.79 Å². The monoisotopic (exact) mass is 425 g/mol. The number of para-hydroxylation sites is 3. The van der Waals surface area contributed by atoms with Crippen molar-refractivity contribution in [3.05, 3.63) is 78.1 Å². The molecule has 0 saturated carbocycles. The van der Waals surface area contributed by atoms with E-state index in [2.05, 4.69) is 74.6 Å². The first kappa shape index (κ1) is 20.3. The third-order valence-corrected chi connectivity index (χ3v) is 5.90. The second kappa shape index (κ2) is 8.85. The Balaban J connectivity index is 1.14. The second-order valence-corrected chi connectivity index (χ2v) is 8.00. The number of nitrogens with one attached hydrogen (secondary N) is 3. The largest absolute Gasteiger partial charge is 0.349 e. The van der Waals surface area contributed by atoms with Gasteiger partial charge in [0, 0.05) is 41.4 Å². The van der Waals surface area contributed by atoms with Gasteiger partial charge in [0.1, 0.15) is 0 Å². The Kier molecular flexibility index (Phi) is 5.60. The molecule has 0 saturated heterocycles. The Bertz CT molecular complexity index is 1360. The second-order valence-electron chi connectivity index (χ2n) is 8.00. The first-order valence-corrected chi connectivity index (χ1v) is 11.2. The van der Waals surface area contributed by atoms with E-state index in [4.69, 9.17) is 0 Å². The van der Waals surface area contributed by atoms with Crippen molar-refractivity contribution in [2.75, 3.05) is 13.1 Å². The van der Waals surface area contributed by atoms with E-state index in [1.165, 1.54) is 27.4 Å². The molecule has 0 aliphatic carbocycles. The molecule has 0 bridgehead atoms. The van der Waals surface area contributed by atoms with Crippen LogP contribution in [0.2, 0.25) is 0 Å². The van der Waals surface area contributed by atoms with Crippen LogP contribution >= 0.6 is 0 Å². The topological polar surface area (TPSA) is 74.7 Å². The first-order valence-electron chi connectivity index (χ1n) is 11.2. The van der Waals surface area contributed by atoms with Gasteiger partial charge in [0.25, 0.3) is 5.91 Å². The van der Waals surface area contributed by atoms with Crippen LogP contribution in [-0.4, -0.2) is 33.5 Å². The lowest BCUT2D eigenvalue weighted by Crippen LogP contribution is -2.28. The molecule has 5 rings (SSSR count). The van der Waals surface area contributed by atoms with Gasteiger partial charge in [-0.25, -0.2) is 4.98 Å². The average molecular weight is 426 g/mol. The predicted molar refractivity (Wildman–Crippen MR) is 130 cm³/mol. The van der Waals surface area contributed by atoms with Crippen molar-refractivity contribution in [3.63, 3.8) is 0 Å². The molecule has 0 radical (unpaired) electrons. The predicted octanol–water partition coefficient (Wildman–Crippen LogP) is 4.60. The molecule has 0 aliphatic rings. The number of rotatable bonds is 8. The fourth-order valence-corrected chi connectivity index (χ4v) is 4.34. The number of imidazole rings is 1. The zero-order valence-electron chi connectivity index (χ0n) is 18.2. The van der Waals surface area contributed by atoms with Gasteiger partial charge < -0.3 is 20.2 Å². The van der Waals surface area contributed by atoms with Gasteiger partial charge in [0.2, 0.25) is 0 Å². The van der Waals surface area contributed by atoms with E-state index in [1.54, 1.807) is 0 Å². The van der Waals surface area contributed by atoms with Crippen molar-refractivity contribution < 1.29 is 4.79 Å². The number of H-pyrrole nitrogens is 1. The molecule has 3 N–H and O–H groups in total. The summed E-state index contributed by atoms with van der Waals surface area (Å²) >= 11 is 0. The smallest absolute Gasteiger partial charge is 0.287 e. The van der Waals surface area contributed by atoms with Crippen molar-refractivity contribution in [2.24, 2.45) is 0 Å². The molecule has 0 aliphatic heterocycles. The molecule has 1 amide bonds. The van der Waals surface area contributed by atoms with Crippen LogP contribution < -0.4 is 10.6 Å². The number of fused-ring (bicyclic) bond motifs is 4. The third-order valence-electron chi connectivity index (χ3n) is 5.90. The Morgan fingerprint density at radius 2 is 1.78 bits per heavy atom. The molecule has 3 aromatic carbocycles. The van der Waals surface area contributed by atoms with Gasteiger partial charge in [-0.15, -0.1) is 0 Å². The van der Waals surface area contributed by atoms with Crippen molar-refractivity contribution in [2.45, 2.75) is 26.4 Å². The molecule has 2 aromatic heterocycles. The molecule has 6 heteroatoms. The summed E-state index contributed by atoms with van der Waals surface area (Å²) in [6.07, 6.45) is 0.851. The van der Waals surface area contributed by atoms with Gasteiger partial charge in [-0.05, 0) is 55.8 Å². The summed E-state index contributed by atoms with van der Waals surface area (Å²) in [6.45, 7) is 5.38. The summed E-state index contributed by atoms with van der Waals surface area (Å²) < 4.78 is 2.37. The van der Waals surface area contributed by atoms with Crippen LogP contribution in [0, 0.1) is 0 Å². The van der Waals surface area contributed by atoms with Crippen molar-refractivity contribution >= 4 is 38.7 Å². The summed E-state index contributed by atoms with van der Waals surface area (Å²) in [4.78, 5) is 19.7. The number of amides is 1. The van der Waals surface area contributed by atoms with Crippen molar-refractivity contribution in [3.8, 4) is 0 Å². The number of carbonyl (C=O) groups excluding carboxylic acids is 1. The van der Waals surface area contributed by atoms with Gasteiger partial charge in [-0.1, -0.05) is 36.4 Å². The van der Waals surface area contributed by atoms with E-state index in [-0.39, 0.29) is 5.91 Å². The van der Waals surface area contributed by atoms with E-state index in [0.717, 1.165) is 37.1 Å². The van der Waals surface area contributed by atoms with Crippen LogP contribution in [0.4, 0.5) is 0 Å². The minimum atomic E-state index is -0.168. The molecule has 0 spiro atoms. The van der Waals surface area contributed by atoms with Crippen molar-refractivity contribution in [1.29, 1.82) is 0 Å². The number of nitrogens with zero attached hydrogens (tertiary/aromatic N) is 2. The number of aryl methyl sites for hydroxylation is 1. The van der Waals surface area contributed by atoms with E-state index in [1.807, 2.05) is 24.3 Å². The maximum atomic E-state index is 12.3. The van der Waals surface area contributed by atoms with Gasteiger partial charge in [0.15, 0.2) is 5.82 Å². The lowest BCUT2D eigenvalue weighted by molar-refractivity contribution is 0.0944. The normalized spacial score (nSPS) is 11.5. The van der Waals surface area contributed by atoms with Gasteiger partial charge >= 0.3 is 0 Å². The molecular formula is C26H27N5O. The maximum Gasteiger partial charge on any atom is 0.287 e. The molecular weight excluding hydrogens is 398 g/mol. The molecule has 162 valence electrons. The van der Waals surface area contributed by atoms with Crippen LogP contribution in [0.15, 0.2) is 66.7 Å². The van der Waals surface area contributed by atoms with Crippen LogP contribution in [0.25, 0.3) is 32.8 Å². The maximum absolute atomic E-state index is 12.3. The third kappa shape index (κ3) is 3.85. The Labute approximate surface area is 186 Å². The van der Waals surface area contributed by atoms with Crippen LogP contribution in [0.3, 0.4) is 0 Å². The Morgan fingerprint density at radius 3 is 2.66 bits per heavy atom. The zero-order chi connectivity index (χ0) is 21.9. The fourth-order valence-electron chi connectivity index (χ4n) is 4.34. The van der Waals surface area contributed by atoms with E-state index >= 15 is 0 Å². The minimum Gasteiger partial charge on any atom is -0.349 e. The first-order chi connectivity index (χ1) is 15.7. The highest BCUT2D eigenvalue weighted by Crippen LogP contribution is 2.29. The lowest BCUT2D eigenvalue weighted by atomic mass is 10.1. The summed E-state index contributed by atoms with van der Waals surface area (Å²) in [6, 6.07) is 23.0. The van der Waals surface area contributed by atoms with Crippen molar-refractivity contribution in [1.82, 2.24) is 25.2 Å². The summed E-state index contributed by atoms with van der Waals surface area (Å²) in [7, 11) is 0. The average Bonchev–Trinajstić information content (AvgIpc) is 3.40. The molecule has 0 fully saturated rings. The minimum absolute atomic E-state index is 0.168. The Morgan fingerprint density at radius 1 is 0.969 bits per heavy atom. The van der Waals surface area contributed by atoms with Crippen LogP contribution in [0.5, 0.6) is 0 Å². The van der Waals surface area contributed by atoms with E-state index in [9.17, 15) is 4.79 Å². The molecule has 32 heavy (non-hydrogen) atoms. The van der Waals surface area contributed by atoms with Crippen LogP contribution in [-0.2, 0) is 13.1 Å². The highest BCUT2D eigenvalue weighted by molar-refractivity contribution is 6.08. The highest BCUT2D eigenvalue weighted by Gasteiger charge is 2.11. The summed E-state index contributed by atoms with van der Waals surface area (Å²) in [5.41, 5.74) is 5.51. The van der Waals surface area contributed by atoms with Crippen LogP contribution in [0.1, 0.15) is 29.5 Å². The lowest BCUT2D eigenvalue weighted by Gasteiger charge is -2.07. The van der Waals surface area contributed by atoms with Gasteiger partial charge in [0.05, 0.1) is 11.0 Å². The zero-order valence-corrected chi connectivity index (χ0v) is 18.2. The number of hydrogen-bond acceptors (Lipinski definition) is 3. The molecule has 5 aromatic rings. The Hall–Kier alpha value is -3.64. The van der Waals surface area contributed by atoms with Gasteiger partial charge in [-0.2, -0.15) is 0 Å².